The van der Waals surface area contributed by atoms with Gasteiger partial charge >= 0.3 is 0 Å². The van der Waals surface area contributed by atoms with Gasteiger partial charge in [-0.15, -0.1) is 0 Å². The van der Waals surface area contributed by atoms with Crippen molar-refractivity contribution in [3.05, 3.63) is 46.5 Å². The summed E-state index contributed by atoms with van der Waals surface area (Å²) in [5, 5.41) is 6.55. The standard InChI is InChI=1S/C10H11BrN4/c11-8-3-1-7(2-4-8)5-9(12)10-13-6-14-15-10/h1-4,6,9H,5,12H2,(H,13,14,15). The Balaban J connectivity index is 2.06. The fraction of sp³-hybridized carbons (Fsp3) is 0.200. The predicted molar refractivity (Wildman–Crippen MR) is 61.2 cm³/mol. The molecule has 5 heteroatoms. The van der Waals surface area contributed by atoms with E-state index in [0.717, 1.165) is 16.7 Å². The lowest BCUT2D eigenvalue weighted by Gasteiger charge is -2.07. The Hall–Kier alpha value is -1.20. The Morgan fingerprint density at radius 1 is 1.33 bits per heavy atom. The molecule has 0 saturated heterocycles. The van der Waals surface area contributed by atoms with Crippen LogP contribution in [0.4, 0.5) is 0 Å². The maximum Gasteiger partial charge on any atom is 0.141 e. The summed E-state index contributed by atoms with van der Waals surface area (Å²) in [5.74, 6) is 0.720. The summed E-state index contributed by atoms with van der Waals surface area (Å²) in [6.45, 7) is 0. The molecule has 0 aliphatic carbocycles. The van der Waals surface area contributed by atoms with Crippen LogP contribution in [0.3, 0.4) is 0 Å². The number of nitrogens with zero attached hydrogens (tertiary/aromatic N) is 2. The number of aromatic nitrogens is 3. The maximum absolute atomic E-state index is 5.96. The number of nitrogens with one attached hydrogen (secondary N) is 1. The minimum Gasteiger partial charge on any atom is -0.321 e. The average Bonchev–Trinajstić information content (AvgIpc) is 2.74. The van der Waals surface area contributed by atoms with Crippen molar-refractivity contribution in [2.45, 2.75) is 12.5 Å². The van der Waals surface area contributed by atoms with E-state index >= 15 is 0 Å². The molecule has 1 aromatic carbocycles. The first kappa shape index (κ1) is 10.3. The van der Waals surface area contributed by atoms with E-state index < -0.39 is 0 Å². The third kappa shape index (κ3) is 2.64. The summed E-state index contributed by atoms with van der Waals surface area (Å²) < 4.78 is 1.07. The molecule has 1 atom stereocenters. The van der Waals surface area contributed by atoms with Crippen LogP contribution in [-0.4, -0.2) is 15.2 Å². The highest BCUT2D eigenvalue weighted by atomic mass is 79.9. The van der Waals surface area contributed by atoms with Gasteiger partial charge in [0.2, 0.25) is 0 Å². The molecule has 1 aromatic heterocycles. The predicted octanol–water partition coefficient (Wildman–Crippen LogP) is 1.81. The normalized spacial score (nSPS) is 12.7. The van der Waals surface area contributed by atoms with E-state index in [1.807, 2.05) is 24.3 Å². The Bertz CT molecular complexity index is 409. The largest absolute Gasteiger partial charge is 0.321 e. The van der Waals surface area contributed by atoms with Gasteiger partial charge in [-0.25, -0.2) is 4.98 Å². The van der Waals surface area contributed by atoms with Gasteiger partial charge in [0.05, 0.1) is 6.04 Å². The molecule has 0 aliphatic rings. The summed E-state index contributed by atoms with van der Waals surface area (Å²) in [6.07, 6.45) is 2.22. The van der Waals surface area contributed by atoms with Gasteiger partial charge in [-0.05, 0) is 24.1 Å². The lowest BCUT2D eigenvalue weighted by atomic mass is 10.1. The molecule has 0 fully saturated rings. The van der Waals surface area contributed by atoms with E-state index in [1.54, 1.807) is 0 Å². The quantitative estimate of drug-likeness (QED) is 0.891. The molecular weight excluding hydrogens is 256 g/mol. The molecule has 0 aliphatic heterocycles. The summed E-state index contributed by atoms with van der Waals surface area (Å²) >= 11 is 3.39. The van der Waals surface area contributed by atoms with Gasteiger partial charge in [0.15, 0.2) is 0 Å². The third-order valence-electron chi connectivity index (χ3n) is 2.15. The van der Waals surface area contributed by atoms with Crippen molar-refractivity contribution in [2.24, 2.45) is 5.73 Å². The van der Waals surface area contributed by atoms with Crippen molar-refractivity contribution < 1.29 is 0 Å². The highest BCUT2D eigenvalue weighted by molar-refractivity contribution is 9.10. The number of benzene rings is 1. The first-order valence-electron chi connectivity index (χ1n) is 4.61. The number of hydrogen-bond acceptors (Lipinski definition) is 3. The molecular formula is C10H11BrN4. The Kier molecular flexibility index (Phi) is 3.13. The topological polar surface area (TPSA) is 67.6 Å². The zero-order chi connectivity index (χ0) is 10.7. The molecule has 0 radical (unpaired) electrons. The van der Waals surface area contributed by atoms with Crippen LogP contribution in [0.15, 0.2) is 35.1 Å². The van der Waals surface area contributed by atoms with Crippen LogP contribution in [0.25, 0.3) is 0 Å². The molecule has 0 amide bonds. The molecule has 1 heterocycles. The second kappa shape index (κ2) is 4.55. The Labute approximate surface area is 96.0 Å². The van der Waals surface area contributed by atoms with Crippen LogP contribution in [0, 0.1) is 0 Å². The summed E-state index contributed by atoms with van der Waals surface area (Å²) in [5.41, 5.74) is 7.15. The van der Waals surface area contributed by atoms with E-state index in [4.69, 9.17) is 5.73 Å². The minimum atomic E-state index is -0.131. The number of rotatable bonds is 3. The number of halogens is 1. The SMILES string of the molecule is NC(Cc1ccc(Br)cc1)c1ncn[nH]1. The Morgan fingerprint density at radius 3 is 2.67 bits per heavy atom. The first-order chi connectivity index (χ1) is 7.25. The zero-order valence-corrected chi connectivity index (χ0v) is 9.61. The third-order valence-corrected chi connectivity index (χ3v) is 2.68. The molecule has 0 bridgehead atoms. The number of H-pyrrole nitrogens is 1. The van der Waals surface area contributed by atoms with Crippen LogP contribution in [0.5, 0.6) is 0 Å². The molecule has 0 spiro atoms. The lowest BCUT2D eigenvalue weighted by Crippen LogP contribution is -2.14. The summed E-state index contributed by atoms with van der Waals surface area (Å²) in [7, 11) is 0. The molecule has 0 saturated carbocycles. The fourth-order valence-corrected chi connectivity index (χ4v) is 1.63. The van der Waals surface area contributed by atoms with Crippen molar-refractivity contribution in [3.8, 4) is 0 Å². The van der Waals surface area contributed by atoms with Crippen molar-refractivity contribution in [1.82, 2.24) is 15.2 Å². The monoisotopic (exact) mass is 266 g/mol. The van der Waals surface area contributed by atoms with Crippen molar-refractivity contribution >= 4 is 15.9 Å². The number of nitrogens with two attached hydrogens (primary N) is 1. The highest BCUT2D eigenvalue weighted by Crippen LogP contribution is 2.15. The van der Waals surface area contributed by atoms with Gasteiger partial charge in [0, 0.05) is 4.47 Å². The molecule has 3 N–H and O–H groups in total. The fourth-order valence-electron chi connectivity index (χ4n) is 1.36. The smallest absolute Gasteiger partial charge is 0.141 e. The van der Waals surface area contributed by atoms with Crippen LogP contribution in [-0.2, 0) is 6.42 Å². The first-order valence-corrected chi connectivity index (χ1v) is 5.40. The number of hydrogen-bond donors (Lipinski definition) is 2. The molecule has 2 rings (SSSR count). The molecule has 1 unspecified atom stereocenters. The average molecular weight is 267 g/mol. The lowest BCUT2D eigenvalue weighted by molar-refractivity contribution is 0.671. The van der Waals surface area contributed by atoms with Crippen molar-refractivity contribution in [3.63, 3.8) is 0 Å². The van der Waals surface area contributed by atoms with E-state index in [-0.39, 0.29) is 6.04 Å². The molecule has 2 aromatic rings. The van der Waals surface area contributed by atoms with Crippen molar-refractivity contribution in [1.29, 1.82) is 0 Å². The molecule has 78 valence electrons. The van der Waals surface area contributed by atoms with Gasteiger partial charge in [0.1, 0.15) is 12.2 Å². The van der Waals surface area contributed by atoms with Crippen LogP contribution < -0.4 is 5.73 Å². The van der Waals surface area contributed by atoms with Gasteiger partial charge in [-0.2, -0.15) is 5.10 Å². The van der Waals surface area contributed by atoms with Crippen molar-refractivity contribution in [2.75, 3.05) is 0 Å². The van der Waals surface area contributed by atoms with Gasteiger partial charge in [-0.3, -0.25) is 5.10 Å². The molecule has 4 nitrogen and oxygen atoms in total. The number of aromatic amines is 1. The van der Waals surface area contributed by atoms with E-state index in [9.17, 15) is 0 Å². The maximum atomic E-state index is 5.96. The second-order valence-electron chi connectivity index (χ2n) is 3.31. The zero-order valence-electron chi connectivity index (χ0n) is 8.02. The van der Waals surface area contributed by atoms with Crippen LogP contribution in [0.2, 0.25) is 0 Å². The van der Waals surface area contributed by atoms with E-state index in [2.05, 4.69) is 31.1 Å². The highest BCUT2D eigenvalue weighted by Gasteiger charge is 2.09. The second-order valence-corrected chi connectivity index (χ2v) is 4.22. The summed E-state index contributed by atoms with van der Waals surface area (Å²) in [6, 6.07) is 7.96. The molecule has 15 heavy (non-hydrogen) atoms. The Morgan fingerprint density at radius 2 is 2.07 bits per heavy atom. The minimum absolute atomic E-state index is 0.131. The van der Waals surface area contributed by atoms with Crippen LogP contribution >= 0.6 is 15.9 Å². The van der Waals surface area contributed by atoms with Gasteiger partial charge in [0.25, 0.3) is 0 Å². The summed E-state index contributed by atoms with van der Waals surface area (Å²) in [4.78, 5) is 4.03. The van der Waals surface area contributed by atoms with E-state index in [1.165, 1.54) is 11.9 Å². The van der Waals surface area contributed by atoms with Gasteiger partial charge < -0.3 is 5.73 Å². The van der Waals surface area contributed by atoms with Gasteiger partial charge in [-0.1, -0.05) is 28.1 Å². The van der Waals surface area contributed by atoms with E-state index in [0.29, 0.717) is 0 Å². The van der Waals surface area contributed by atoms with Crippen LogP contribution in [0.1, 0.15) is 17.4 Å².